The van der Waals surface area contributed by atoms with Gasteiger partial charge in [0.15, 0.2) is 11.7 Å². The third kappa shape index (κ3) is 6.12. The molecular weight excluding hydrogens is 506 g/mol. The van der Waals surface area contributed by atoms with Gasteiger partial charge in [-0.05, 0) is 71.2 Å². The molecule has 31 heavy (non-hydrogen) atoms. The molecule has 1 amide bonds. The molecule has 0 aliphatic heterocycles. The van der Waals surface area contributed by atoms with Gasteiger partial charge < -0.3 is 4.74 Å². The molecule has 0 spiro atoms. The van der Waals surface area contributed by atoms with Gasteiger partial charge in [0.1, 0.15) is 0 Å². The number of esters is 1. The maximum Gasteiger partial charge on any atom is 0.338 e. The SMILES string of the molecule is Cc1ccc(C)c(S(=O)(=O)Nc2ccc(C(=O)OCC(=O)Nc3ncc(Br)s3)cc2)c1. The van der Waals surface area contributed by atoms with Crippen LogP contribution in [0.25, 0.3) is 0 Å². The van der Waals surface area contributed by atoms with Crippen LogP contribution in [0.1, 0.15) is 21.5 Å². The number of halogens is 1. The average Bonchev–Trinajstić information content (AvgIpc) is 3.12. The van der Waals surface area contributed by atoms with Crippen molar-refractivity contribution in [2.75, 3.05) is 16.6 Å². The number of carbonyl (C=O) groups is 2. The van der Waals surface area contributed by atoms with Crippen LogP contribution in [-0.4, -0.2) is 31.9 Å². The number of rotatable bonds is 7. The summed E-state index contributed by atoms with van der Waals surface area (Å²) in [5.74, 6) is -1.23. The van der Waals surface area contributed by atoms with E-state index in [1.807, 2.05) is 13.0 Å². The average molecular weight is 524 g/mol. The second kappa shape index (κ2) is 9.58. The molecule has 0 aliphatic carbocycles. The number of nitrogens with zero attached hydrogens (tertiary/aromatic N) is 1. The highest BCUT2D eigenvalue weighted by atomic mass is 79.9. The minimum atomic E-state index is -3.78. The Bertz CT molecular complexity index is 1220. The Hall–Kier alpha value is -2.76. The van der Waals surface area contributed by atoms with E-state index in [2.05, 4.69) is 31.0 Å². The molecule has 0 bridgehead atoms. The molecule has 3 aromatic rings. The fraction of sp³-hybridized carbons (Fsp3) is 0.150. The van der Waals surface area contributed by atoms with E-state index in [0.29, 0.717) is 16.4 Å². The molecular formula is C20H18BrN3O5S2. The van der Waals surface area contributed by atoms with Crippen molar-refractivity contribution < 1.29 is 22.7 Å². The van der Waals surface area contributed by atoms with Gasteiger partial charge in [-0.2, -0.15) is 0 Å². The van der Waals surface area contributed by atoms with Crippen molar-refractivity contribution in [3.63, 3.8) is 0 Å². The third-order valence-electron chi connectivity index (χ3n) is 4.06. The minimum absolute atomic E-state index is 0.180. The summed E-state index contributed by atoms with van der Waals surface area (Å²) in [6.07, 6.45) is 1.54. The first-order valence-corrected chi connectivity index (χ1v) is 12.0. The van der Waals surface area contributed by atoms with Crippen LogP contribution in [-0.2, 0) is 19.6 Å². The maximum absolute atomic E-state index is 12.7. The van der Waals surface area contributed by atoms with Crippen LogP contribution in [0.2, 0.25) is 0 Å². The number of nitrogens with one attached hydrogen (secondary N) is 2. The lowest BCUT2D eigenvalue weighted by Gasteiger charge is -2.11. The number of hydrogen-bond donors (Lipinski definition) is 2. The third-order valence-corrected chi connectivity index (χ3v) is 6.98. The number of ether oxygens (including phenoxy) is 1. The zero-order valence-corrected chi connectivity index (χ0v) is 19.7. The van der Waals surface area contributed by atoms with Crippen molar-refractivity contribution in [3.05, 3.63) is 69.1 Å². The molecule has 11 heteroatoms. The number of aryl methyl sites for hydroxylation is 2. The van der Waals surface area contributed by atoms with Gasteiger partial charge in [0, 0.05) is 5.69 Å². The molecule has 0 aliphatic rings. The van der Waals surface area contributed by atoms with Gasteiger partial charge in [0.25, 0.3) is 15.9 Å². The second-order valence-electron chi connectivity index (χ2n) is 6.55. The van der Waals surface area contributed by atoms with Crippen LogP contribution < -0.4 is 10.0 Å². The molecule has 8 nitrogen and oxygen atoms in total. The number of aromatic nitrogens is 1. The second-order valence-corrected chi connectivity index (χ2v) is 10.6. The summed E-state index contributed by atoms with van der Waals surface area (Å²) in [6.45, 7) is 3.06. The Morgan fingerprint density at radius 3 is 2.48 bits per heavy atom. The van der Waals surface area contributed by atoms with E-state index >= 15 is 0 Å². The fourth-order valence-electron chi connectivity index (χ4n) is 2.56. The van der Waals surface area contributed by atoms with E-state index in [-0.39, 0.29) is 10.5 Å². The Kier molecular flexibility index (Phi) is 7.08. The number of sulfonamides is 1. The molecule has 0 saturated heterocycles. The maximum atomic E-state index is 12.7. The van der Waals surface area contributed by atoms with Gasteiger partial charge >= 0.3 is 5.97 Å². The van der Waals surface area contributed by atoms with E-state index in [1.54, 1.807) is 25.3 Å². The van der Waals surface area contributed by atoms with Crippen LogP contribution in [0.15, 0.2) is 57.3 Å². The summed E-state index contributed by atoms with van der Waals surface area (Å²) in [6, 6.07) is 10.9. The number of amides is 1. The Morgan fingerprint density at radius 2 is 1.84 bits per heavy atom. The van der Waals surface area contributed by atoms with E-state index < -0.39 is 28.5 Å². The Labute approximate surface area is 191 Å². The first-order valence-electron chi connectivity index (χ1n) is 8.92. The van der Waals surface area contributed by atoms with Crippen molar-refractivity contribution in [2.45, 2.75) is 18.7 Å². The van der Waals surface area contributed by atoms with Crippen LogP contribution in [0.4, 0.5) is 10.8 Å². The van der Waals surface area contributed by atoms with E-state index in [4.69, 9.17) is 4.74 Å². The summed E-state index contributed by atoms with van der Waals surface area (Å²) in [5.41, 5.74) is 1.93. The Morgan fingerprint density at radius 1 is 1.13 bits per heavy atom. The monoisotopic (exact) mass is 523 g/mol. The lowest BCUT2D eigenvalue weighted by molar-refractivity contribution is -0.119. The largest absolute Gasteiger partial charge is 0.452 e. The van der Waals surface area contributed by atoms with Gasteiger partial charge in [0.2, 0.25) is 0 Å². The zero-order chi connectivity index (χ0) is 22.6. The molecule has 2 aromatic carbocycles. The highest BCUT2D eigenvalue weighted by Crippen LogP contribution is 2.23. The van der Waals surface area contributed by atoms with Gasteiger partial charge in [-0.15, -0.1) is 0 Å². The predicted molar refractivity (Wildman–Crippen MR) is 122 cm³/mol. The summed E-state index contributed by atoms with van der Waals surface area (Å²) in [5, 5.41) is 2.90. The summed E-state index contributed by atoms with van der Waals surface area (Å²) in [4.78, 5) is 28.1. The van der Waals surface area contributed by atoms with Crippen molar-refractivity contribution >= 4 is 60.0 Å². The molecule has 0 saturated carbocycles. The highest BCUT2D eigenvalue weighted by molar-refractivity contribution is 9.11. The molecule has 0 atom stereocenters. The van der Waals surface area contributed by atoms with Crippen LogP contribution in [0, 0.1) is 13.8 Å². The predicted octanol–water partition coefficient (Wildman–Crippen LogP) is 4.12. The quantitative estimate of drug-likeness (QED) is 0.450. The molecule has 0 fully saturated rings. The Balaban J connectivity index is 1.59. The highest BCUT2D eigenvalue weighted by Gasteiger charge is 2.18. The number of anilines is 2. The number of benzene rings is 2. The van der Waals surface area contributed by atoms with Crippen molar-refractivity contribution in [1.82, 2.24) is 4.98 Å². The van der Waals surface area contributed by atoms with Crippen molar-refractivity contribution in [2.24, 2.45) is 0 Å². The topological polar surface area (TPSA) is 114 Å². The van der Waals surface area contributed by atoms with Gasteiger partial charge in [0.05, 0.1) is 20.4 Å². The summed E-state index contributed by atoms with van der Waals surface area (Å²) < 4.78 is 33.6. The smallest absolute Gasteiger partial charge is 0.338 e. The number of hydrogen-bond acceptors (Lipinski definition) is 7. The van der Waals surface area contributed by atoms with Crippen molar-refractivity contribution in [3.8, 4) is 0 Å². The molecule has 162 valence electrons. The minimum Gasteiger partial charge on any atom is -0.452 e. The molecule has 2 N–H and O–H groups in total. The van der Waals surface area contributed by atoms with E-state index in [1.165, 1.54) is 35.6 Å². The molecule has 3 rings (SSSR count). The van der Waals surface area contributed by atoms with Crippen LogP contribution in [0.5, 0.6) is 0 Å². The first-order chi connectivity index (χ1) is 14.6. The zero-order valence-electron chi connectivity index (χ0n) is 16.5. The van der Waals surface area contributed by atoms with Crippen LogP contribution >= 0.6 is 27.3 Å². The number of carbonyl (C=O) groups excluding carboxylic acids is 2. The van der Waals surface area contributed by atoms with Crippen molar-refractivity contribution in [1.29, 1.82) is 0 Å². The van der Waals surface area contributed by atoms with Gasteiger partial charge in [-0.3, -0.25) is 14.8 Å². The lowest BCUT2D eigenvalue weighted by Crippen LogP contribution is -2.20. The summed E-state index contributed by atoms with van der Waals surface area (Å²) >= 11 is 4.46. The van der Waals surface area contributed by atoms with Crippen LogP contribution in [0.3, 0.4) is 0 Å². The summed E-state index contributed by atoms with van der Waals surface area (Å²) in [7, 11) is -3.78. The molecule has 0 unspecified atom stereocenters. The van der Waals surface area contributed by atoms with E-state index in [9.17, 15) is 18.0 Å². The molecule has 1 heterocycles. The van der Waals surface area contributed by atoms with Gasteiger partial charge in [-0.1, -0.05) is 23.5 Å². The van der Waals surface area contributed by atoms with Gasteiger partial charge in [-0.25, -0.2) is 18.2 Å². The van der Waals surface area contributed by atoms with E-state index in [0.717, 1.165) is 9.35 Å². The molecule has 1 aromatic heterocycles. The lowest BCUT2D eigenvalue weighted by atomic mass is 10.2. The first kappa shape index (κ1) is 22.9. The fourth-order valence-corrected chi connectivity index (χ4v) is 5.08. The molecule has 0 radical (unpaired) electrons. The normalized spacial score (nSPS) is 11.1. The standard InChI is InChI=1S/C20H18BrN3O5S2/c1-12-3-4-13(2)16(9-12)31(27,28)24-15-7-5-14(6-8-15)19(26)29-11-18(25)23-20-22-10-17(21)30-20/h3-10,24H,11H2,1-2H3,(H,22,23,25). The number of thiazole rings is 1.